The number of anilines is 1. The summed E-state index contributed by atoms with van der Waals surface area (Å²) in [6, 6.07) is 15.3. The third kappa shape index (κ3) is 6.23. The Morgan fingerprint density at radius 1 is 1.04 bits per heavy atom. The van der Waals surface area contributed by atoms with Gasteiger partial charge in [-0.05, 0) is 30.5 Å². The summed E-state index contributed by atoms with van der Waals surface area (Å²) in [7, 11) is 0. The summed E-state index contributed by atoms with van der Waals surface area (Å²) in [5.74, 6) is -0.538. The van der Waals surface area contributed by atoms with E-state index in [0.717, 1.165) is 5.56 Å². The normalized spacial score (nSPS) is 12.5. The Bertz CT molecular complexity index is 820. The summed E-state index contributed by atoms with van der Waals surface area (Å²) in [6.45, 7) is 5.42. The van der Waals surface area contributed by atoms with Gasteiger partial charge in [0.2, 0.25) is 5.91 Å². The molecule has 2 atom stereocenters. The Labute approximate surface area is 165 Å². The van der Waals surface area contributed by atoms with Gasteiger partial charge in [-0.3, -0.25) is 9.59 Å². The largest absolute Gasteiger partial charge is 0.445 e. The van der Waals surface area contributed by atoms with Gasteiger partial charge in [-0.1, -0.05) is 62.7 Å². The molecule has 0 aliphatic rings. The van der Waals surface area contributed by atoms with Gasteiger partial charge in [0.05, 0.1) is 0 Å². The number of carbonyl (C=O) groups is 3. The Balaban J connectivity index is 2.01. The monoisotopic (exact) mass is 382 g/mol. The molecular weight excluding hydrogens is 356 g/mol. The fraction of sp³-hybridized carbons (Fsp3) is 0.318. The average molecular weight is 382 g/mol. The van der Waals surface area contributed by atoms with E-state index < -0.39 is 12.1 Å². The highest BCUT2D eigenvalue weighted by atomic mass is 16.5. The van der Waals surface area contributed by atoms with Crippen molar-refractivity contribution in [2.24, 2.45) is 5.92 Å². The number of alkyl carbamates (subject to hydrolysis) is 1. The van der Waals surface area contributed by atoms with Crippen LogP contribution in [0.15, 0.2) is 54.6 Å². The smallest absolute Gasteiger partial charge is 0.408 e. The second-order valence-corrected chi connectivity index (χ2v) is 6.70. The number of benzene rings is 2. The molecule has 0 aliphatic heterocycles. The number of hydrogen-bond donors (Lipinski definition) is 2. The van der Waals surface area contributed by atoms with Gasteiger partial charge in [-0.15, -0.1) is 0 Å². The molecular formula is C22H26N2O4. The first-order valence-electron chi connectivity index (χ1n) is 9.29. The minimum Gasteiger partial charge on any atom is -0.445 e. The average Bonchev–Trinajstić information content (AvgIpc) is 2.70. The maximum Gasteiger partial charge on any atom is 0.408 e. The molecule has 2 aromatic carbocycles. The molecule has 148 valence electrons. The molecule has 0 radical (unpaired) electrons. The van der Waals surface area contributed by atoms with E-state index in [1.54, 1.807) is 24.3 Å². The second kappa shape index (κ2) is 10.3. The van der Waals surface area contributed by atoms with E-state index in [1.165, 1.54) is 6.92 Å². The first kappa shape index (κ1) is 21.2. The predicted molar refractivity (Wildman–Crippen MR) is 108 cm³/mol. The third-order valence-electron chi connectivity index (χ3n) is 4.52. The predicted octanol–water partition coefficient (Wildman–Crippen LogP) is 4.17. The van der Waals surface area contributed by atoms with Crippen molar-refractivity contribution in [3.63, 3.8) is 0 Å². The van der Waals surface area contributed by atoms with Crippen molar-refractivity contribution >= 4 is 23.5 Å². The van der Waals surface area contributed by atoms with Crippen LogP contribution in [-0.2, 0) is 16.1 Å². The molecule has 0 aliphatic carbocycles. The second-order valence-electron chi connectivity index (χ2n) is 6.70. The van der Waals surface area contributed by atoms with E-state index in [-0.39, 0.29) is 24.2 Å². The van der Waals surface area contributed by atoms with Crippen LogP contribution in [0, 0.1) is 5.92 Å². The molecule has 0 saturated heterocycles. The van der Waals surface area contributed by atoms with Crippen LogP contribution in [0.25, 0.3) is 0 Å². The van der Waals surface area contributed by atoms with Crippen molar-refractivity contribution in [2.75, 3.05) is 5.32 Å². The minimum absolute atomic E-state index is 0.0859. The summed E-state index contributed by atoms with van der Waals surface area (Å²) in [5, 5.41) is 5.43. The van der Waals surface area contributed by atoms with Gasteiger partial charge < -0.3 is 15.4 Å². The highest BCUT2D eigenvalue weighted by Crippen LogP contribution is 2.15. The number of carbonyl (C=O) groups excluding carboxylic acids is 3. The molecule has 28 heavy (non-hydrogen) atoms. The van der Waals surface area contributed by atoms with E-state index in [0.29, 0.717) is 17.7 Å². The fourth-order valence-corrected chi connectivity index (χ4v) is 2.63. The van der Waals surface area contributed by atoms with Crippen LogP contribution >= 0.6 is 0 Å². The van der Waals surface area contributed by atoms with Gasteiger partial charge in [-0.25, -0.2) is 4.79 Å². The molecule has 2 aromatic rings. The van der Waals surface area contributed by atoms with Crippen LogP contribution in [0.5, 0.6) is 0 Å². The van der Waals surface area contributed by atoms with E-state index in [1.807, 2.05) is 44.2 Å². The van der Waals surface area contributed by atoms with E-state index in [4.69, 9.17) is 4.74 Å². The number of amides is 2. The number of nitrogens with one attached hydrogen (secondary N) is 2. The van der Waals surface area contributed by atoms with Gasteiger partial charge in [0.25, 0.3) is 0 Å². The lowest BCUT2D eigenvalue weighted by molar-refractivity contribution is -0.119. The highest BCUT2D eigenvalue weighted by Gasteiger charge is 2.26. The first-order valence-corrected chi connectivity index (χ1v) is 9.29. The molecule has 0 aromatic heterocycles. The maximum absolute atomic E-state index is 12.7. The number of ketones is 1. The Morgan fingerprint density at radius 3 is 2.39 bits per heavy atom. The zero-order valence-electron chi connectivity index (χ0n) is 16.4. The van der Waals surface area contributed by atoms with Crippen molar-refractivity contribution in [2.45, 2.75) is 39.8 Å². The van der Waals surface area contributed by atoms with E-state index in [2.05, 4.69) is 10.6 Å². The third-order valence-corrected chi connectivity index (χ3v) is 4.52. The first-order chi connectivity index (χ1) is 13.4. The topological polar surface area (TPSA) is 84.5 Å². The van der Waals surface area contributed by atoms with Crippen molar-refractivity contribution in [3.8, 4) is 0 Å². The van der Waals surface area contributed by atoms with Crippen LogP contribution in [0.3, 0.4) is 0 Å². The molecule has 6 nitrogen and oxygen atoms in total. The van der Waals surface area contributed by atoms with Crippen LogP contribution < -0.4 is 10.6 Å². The lowest BCUT2D eigenvalue weighted by Crippen LogP contribution is -2.47. The summed E-state index contributed by atoms with van der Waals surface area (Å²) >= 11 is 0. The fourth-order valence-electron chi connectivity index (χ4n) is 2.63. The Kier molecular flexibility index (Phi) is 7.75. The minimum atomic E-state index is -0.755. The van der Waals surface area contributed by atoms with Crippen LogP contribution in [-0.4, -0.2) is 23.8 Å². The summed E-state index contributed by atoms with van der Waals surface area (Å²) in [6.07, 6.45) is 0.0478. The number of rotatable bonds is 8. The Hall–Kier alpha value is -3.15. The highest BCUT2D eigenvalue weighted by molar-refractivity contribution is 5.99. The quantitative estimate of drug-likeness (QED) is 0.671. The summed E-state index contributed by atoms with van der Waals surface area (Å²) in [4.78, 5) is 36.4. The molecule has 2 N–H and O–H groups in total. The molecule has 0 heterocycles. The van der Waals surface area contributed by atoms with Crippen molar-refractivity contribution < 1.29 is 19.1 Å². The zero-order valence-corrected chi connectivity index (χ0v) is 16.4. The van der Waals surface area contributed by atoms with E-state index >= 15 is 0 Å². The van der Waals surface area contributed by atoms with Gasteiger partial charge in [-0.2, -0.15) is 0 Å². The SMILES string of the molecule is CC[C@H](C)[C@H](NC(=O)OCc1ccccc1)C(=O)Nc1cccc(C(C)=O)c1. The van der Waals surface area contributed by atoms with Gasteiger partial charge in [0, 0.05) is 11.3 Å². The Morgan fingerprint density at radius 2 is 1.75 bits per heavy atom. The number of Topliss-reactive ketones (excluding diaryl/α,β-unsaturated/α-hetero) is 1. The molecule has 0 unspecified atom stereocenters. The van der Waals surface area contributed by atoms with E-state index in [9.17, 15) is 14.4 Å². The lowest BCUT2D eigenvalue weighted by Gasteiger charge is -2.23. The molecule has 0 bridgehead atoms. The number of hydrogen-bond acceptors (Lipinski definition) is 4. The molecule has 2 amide bonds. The van der Waals surface area contributed by atoms with Gasteiger partial charge >= 0.3 is 6.09 Å². The zero-order chi connectivity index (χ0) is 20.5. The number of ether oxygens (including phenoxy) is 1. The summed E-state index contributed by atoms with van der Waals surface area (Å²) < 4.78 is 5.23. The summed E-state index contributed by atoms with van der Waals surface area (Å²) in [5.41, 5.74) is 1.88. The van der Waals surface area contributed by atoms with Gasteiger partial charge in [0.15, 0.2) is 5.78 Å². The molecule has 0 saturated carbocycles. The molecule has 6 heteroatoms. The lowest BCUT2D eigenvalue weighted by atomic mass is 9.98. The standard InChI is InChI=1S/C22H26N2O4/c1-4-15(2)20(24-22(27)28-14-17-9-6-5-7-10-17)21(26)23-19-12-8-11-18(13-19)16(3)25/h5-13,15,20H,4,14H2,1-3H3,(H,23,26)(H,24,27)/t15-,20-/m0/s1. The molecule has 0 spiro atoms. The van der Waals surface area contributed by atoms with Crippen LogP contribution in [0.2, 0.25) is 0 Å². The maximum atomic E-state index is 12.7. The van der Waals surface area contributed by atoms with Gasteiger partial charge in [0.1, 0.15) is 12.6 Å². The van der Waals surface area contributed by atoms with Crippen LogP contribution in [0.1, 0.15) is 43.1 Å². The molecule has 2 rings (SSSR count). The molecule has 0 fully saturated rings. The van der Waals surface area contributed by atoms with Crippen molar-refractivity contribution in [1.82, 2.24) is 5.32 Å². The van der Waals surface area contributed by atoms with Crippen LogP contribution in [0.4, 0.5) is 10.5 Å². The van der Waals surface area contributed by atoms with Crippen molar-refractivity contribution in [3.05, 3.63) is 65.7 Å². The van der Waals surface area contributed by atoms with Crippen molar-refractivity contribution in [1.29, 1.82) is 0 Å².